The third kappa shape index (κ3) is 4.23. The van der Waals surface area contributed by atoms with Crippen LogP contribution in [-0.2, 0) is 4.74 Å². The van der Waals surface area contributed by atoms with E-state index in [-0.39, 0.29) is 5.54 Å². The molecule has 0 saturated heterocycles. The molecular weight excluding hydrogens is 212 g/mol. The highest BCUT2D eigenvalue weighted by Crippen LogP contribution is 2.32. The van der Waals surface area contributed by atoms with Gasteiger partial charge >= 0.3 is 0 Å². The lowest BCUT2D eigenvalue weighted by molar-refractivity contribution is 0.0270. The van der Waals surface area contributed by atoms with E-state index in [1.165, 1.54) is 32.1 Å². The highest BCUT2D eigenvalue weighted by molar-refractivity contribution is 4.93. The first kappa shape index (κ1) is 14.9. The van der Waals surface area contributed by atoms with E-state index >= 15 is 0 Å². The van der Waals surface area contributed by atoms with Crippen LogP contribution in [0.3, 0.4) is 0 Å². The van der Waals surface area contributed by atoms with Crippen LogP contribution in [0.15, 0.2) is 0 Å². The average Bonchev–Trinajstić information content (AvgIpc) is 2.39. The number of hydrogen-bond acceptors (Lipinski definition) is 3. The van der Waals surface area contributed by atoms with Gasteiger partial charge in [0, 0.05) is 25.2 Å². The molecule has 2 N–H and O–H groups in total. The fraction of sp³-hybridized carbons (Fsp3) is 1.00. The van der Waals surface area contributed by atoms with Crippen molar-refractivity contribution in [3.8, 4) is 0 Å². The molecule has 0 radical (unpaired) electrons. The predicted molar refractivity (Wildman–Crippen MR) is 73.2 cm³/mol. The van der Waals surface area contributed by atoms with Crippen LogP contribution in [0.25, 0.3) is 0 Å². The van der Waals surface area contributed by atoms with Gasteiger partial charge in [-0.1, -0.05) is 33.1 Å². The van der Waals surface area contributed by atoms with Crippen LogP contribution in [0.4, 0.5) is 0 Å². The van der Waals surface area contributed by atoms with Crippen LogP contribution in [-0.4, -0.2) is 43.3 Å². The molecule has 0 atom stereocenters. The van der Waals surface area contributed by atoms with Crippen molar-refractivity contribution in [1.29, 1.82) is 0 Å². The van der Waals surface area contributed by atoms with Crippen LogP contribution >= 0.6 is 0 Å². The van der Waals surface area contributed by atoms with Crippen molar-refractivity contribution >= 4 is 0 Å². The van der Waals surface area contributed by atoms with E-state index in [1.54, 1.807) is 0 Å². The van der Waals surface area contributed by atoms with E-state index < -0.39 is 0 Å². The Kier molecular flexibility index (Phi) is 7.09. The lowest BCUT2D eigenvalue weighted by atomic mass is 9.80. The largest absolute Gasteiger partial charge is 0.380 e. The molecule has 0 bridgehead atoms. The van der Waals surface area contributed by atoms with Gasteiger partial charge in [0.25, 0.3) is 0 Å². The summed E-state index contributed by atoms with van der Waals surface area (Å²) >= 11 is 0. The van der Waals surface area contributed by atoms with Crippen LogP contribution in [0, 0.1) is 0 Å². The van der Waals surface area contributed by atoms with Gasteiger partial charge in [0.2, 0.25) is 0 Å². The summed E-state index contributed by atoms with van der Waals surface area (Å²) < 4.78 is 5.61. The molecule has 0 aromatic rings. The second kappa shape index (κ2) is 8.06. The maximum atomic E-state index is 6.06. The van der Waals surface area contributed by atoms with Gasteiger partial charge in [0.05, 0.1) is 6.61 Å². The van der Waals surface area contributed by atoms with Crippen LogP contribution in [0.1, 0.15) is 52.4 Å². The highest BCUT2D eigenvalue weighted by Gasteiger charge is 2.35. The Hall–Kier alpha value is -0.120. The fourth-order valence-corrected chi connectivity index (χ4v) is 3.01. The smallest absolute Gasteiger partial charge is 0.0593 e. The zero-order valence-electron chi connectivity index (χ0n) is 11.7. The minimum atomic E-state index is 0.266. The topological polar surface area (TPSA) is 38.5 Å². The summed E-state index contributed by atoms with van der Waals surface area (Å²) in [5.74, 6) is 0. The number of nitrogens with two attached hydrogens (primary N) is 1. The molecule has 3 nitrogen and oxygen atoms in total. The first-order valence-electron chi connectivity index (χ1n) is 7.32. The van der Waals surface area contributed by atoms with E-state index in [0.717, 1.165) is 39.3 Å². The minimum Gasteiger partial charge on any atom is -0.380 e. The van der Waals surface area contributed by atoms with Crippen molar-refractivity contribution in [3.05, 3.63) is 0 Å². The number of hydrogen-bond donors (Lipinski definition) is 1. The zero-order chi connectivity index (χ0) is 12.6. The molecule has 0 heterocycles. The maximum absolute atomic E-state index is 6.06. The summed E-state index contributed by atoms with van der Waals surface area (Å²) in [6.45, 7) is 9.05. The Morgan fingerprint density at radius 1 is 1.12 bits per heavy atom. The molecule has 3 heteroatoms. The summed E-state index contributed by atoms with van der Waals surface area (Å²) in [5, 5.41) is 0. The zero-order valence-corrected chi connectivity index (χ0v) is 11.7. The summed E-state index contributed by atoms with van der Waals surface area (Å²) in [6, 6.07) is 0. The molecule has 0 amide bonds. The van der Waals surface area contributed by atoms with Gasteiger partial charge in [-0.15, -0.1) is 0 Å². The van der Waals surface area contributed by atoms with E-state index in [1.807, 2.05) is 0 Å². The Morgan fingerprint density at radius 2 is 1.82 bits per heavy atom. The molecule has 1 rings (SSSR count). The Bertz CT molecular complexity index is 191. The first-order valence-corrected chi connectivity index (χ1v) is 7.32. The van der Waals surface area contributed by atoms with Gasteiger partial charge in [-0.05, 0) is 25.8 Å². The highest BCUT2D eigenvalue weighted by atomic mass is 16.5. The van der Waals surface area contributed by atoms with Gasteiger partial charge in [-0.3, -0.25) is 4.90 Å². The summed E-state index contributed by atoms with van der Waals surface area (Å²) in [4.78, 5) is 2.56. The fourth-order valence-electron chi connectivity index (χ4n) is 3.01. The van der Waals surface area contributed by atoms with Crippen molar-refractivity contribution in [3.63, 3.8) is 0 Å². The lowest BCUT2D eigenvalue weighted by Crippen LogP contribution is -2.55. The number of likely N-dealkylation sites (N-methyl/N-ethyl adjacent to an activating group) is 1. The van der Waals surface area contributed by atoms with Crippen molar-refractivity contribution in [1.82, 2.24) is 4.90 Å². The van der Waals surface area contributed by atoms with Crippen LogP contribution in [0.5, 0.6) is 0 Å². The quantitative estimate of drug-likeness (QED) is 0.664. The molecule has 0 spiro atoms. The van der Waals surface area contributed by atoms with Gasteiger partial charge < -0.3 is 10.5 Å². The summed E-state index contributed by atoms with van der Waals surface area (Å²) in [5.41, 5.74) is 6.33. The standard InChI is InChI=1S/C14H30N2O/c1-3-11-17-12-10-16(4-2)14(13-15)8-6-5-7-9-14/h3-13,15H2,1-2H3. The summed E-state index contributed by atoms with van der Waals surface area (Å²) in [7, 11) is 0. The molecule has 102 valence electrons. The molecule has 0 aliphatic heterocycles. The number of rotatable bonds is 8. The van der Waals surface area contributed by atoms with Crippen molar-refractivity contribution in [2.45, 2.75) is 57.9 Å². The Morgan fingerprint density at radius 3 is 2.35 bits per heavy atom. The second-order valence-corrected chi connectivity index (χ2v) is 5.18. The molecule has 1 saturated carbocycles. The molecule has 0 aromatic heterocycles. The minimum absolute atomic E-state index is 0.266. The average molecular weight is 242 g/mol. The molecular formula is C14H30N2O. The first-order chi connectivity index (χ1) is 8.29. The van der Waals surface area contributed by atoms with Gasteiger partial charge in [0.15, 0.2) is 0 Å². The van der Waals surface area contributed by atoms with E-state index in [0.29, 0.717) is 0 Å². The third-order valence-electron chi connectivity index (χ3n) is 4.07. The van der Waals surface area contributed by atoms with Crippen LogP contribution in [0.2, 0.25) is 0 Å². The summed E-state index contributed by atoms with van der Waals surface area (Å²) in [6.07, 6.45) is 7.70. The third-order valence-corrected chi connectivity index (χ3v) is 4.07. The number of ether oxygens (including phenoxy) is 1. The molecule has 1 fully saturated rings. The van der Waals surface area contributed by atoms with Crippen molar-refractivity contribution < 1.29 is 4.74 Å². The lowest BCUT2D eigenvalue weighted by Gasteiger charge is -2.45. The second-order valence-electron chi connectivity index (χ2n) is 5.18. The predicted octanol–water partition coefficient (Wildman–Crippen LogP) is 2.40. The van der Waals surface area contributed by atoms with E-state index in [4.69, 9.17) is 10.5 Å². The van der Waals surface area contributed by atoms with E-state index in [9.17, 15) is 0 Å². The van der Waals surface area contributed by atoms with Crippen LogP contribution < -0.4 is 5.73 Å². The Balaban J connectivity index is 2.44. The SMILES string of the molecule is CCCOCCN(CC)C1(CN)CCCCC1. The van der Waals surface area contributed by atoms with Gasteiger partial charge in [-0.2, -0.15) is 0 Å². The van der Waals surface area contributed by atoms with E-state index in [2.05, 4.69) is 18.7 Å². The van der Waals surface area contributed by atoms with Gasteiger partial charge in [0.1, 0.15) is 0 Å². The molecule has 17 heavy (non-hydrogen) atoms. The molecule has 0 aromatic carbocycles. The monoisotopic (exact) mass is 242 g/mol. The normalized spacial score (nSPS) is 19.8. The maximum Gasteiger partial charge on any atom is 0.0593 e. The van der Waals surface area contributed by atoms with Crippen molar-refractivity contribution in [2.75, 3.05) is 32.8 Å². The van der Waals surface area contributed by atoms with Crippen molar-refractivity contribution in [2.24, 2.45) is 5.73 Å². The molecule has 0 unspecified atom stereocenters. The van der Waals surface area contributed by atoms with Gasteiger partial charge in [-0.25, -0.2) is 0 Å². The molecule has 1 aliphatic carbocycles. The Labute approximate surface area is 107 Å². The number of nitrogens with zero attached hydrogens (tertiary/aromatic N) is 1. The molecule has 1 aliphatic rings.